The number of allylic oxidation sites excluding steroid dienone is 2. The van der Waals surface area contributed by atoms with Crippen molar-refractivity contribution in [2.24, 2.45) is 16.1 Å². The van der Waals surface area contributed by atoms with E-state index in [1.807, 2.05) is 0 Å². The Bertz CT molecular complexity index is 1310. The lowest BCUT2D eigenvalue weighted by atomic mass is 9.80. The van der Waals surface area contributed by atoms with Crippen molar-refractivity contribution in [2.75, 3.05) is 0 Å². The summed E-state index contributed by atoms with van der Waals surface area (Å²) >= 11 is 0. The second kappa shape index (κ2) is 10.1. The minimum Gasteiger partial charge on any atom is -0.289 e. The van der Waals surface area contributed by atoms with Crippen LogP contribution in [-0.2, 0) is 4.79 Å². The number of hydrogen-bond donors (Lipinski definition) is 0. The zero-order valence-corrected chi connectivity index (χ0v) is 17.8. The maximum absolute atomic E-state index is 14.4. The number of carbonyl (C=O) groups is 1. The molecule has 1 saturated carbocycles. The van der Waals surface area contributed by atoms with Gasteiger partial charge >= 0.3 is 0 Å². The van der Waals surface area contributed by atoms with Crippen molar-refractivity contribution in [2.45, 2.75) is 19.8 Å². The number of benzene rings is 2. The summed E-state index contributed by atoms with van der Waals surface area (Å²) in [4.78, 5) is 17.0. The maximum Gasteiger partial charge on any atom is 0.185 e. The fourth-order valence-electron chi connectivity index (χ4n) is 3.60. The molecule has 0 spiro atoms. The second-order valence-corrected chi connectivity index (χ2v) is 7.60. The second-order valence-electron chi connectivity index (χ2n) is 7.60. The van der Waals surface area contributed by atoms with Gasteiger partial charge in [0.25, 0.3) is 0 Å². The Balaban J connectivity index is 2.18. The molecule has 2 aromatic carbocycles. The Morgan fingerprint density at radius 2 is 0.972 bits per heavy atom. The van der Waals surface area contributed by atoms with Crippen molar-refractivity contribution in [3.05, 3.63) is 89.7 Å². The highest BCUT2D eigenvalue weighted by Crippen LogP contribution is 2.37. The van der Waals surface area contributed by atoms with E-state index in [4.69, 9.17) is 11.1 Å². The lowest BCUT2D eigenvalue weighted by molar-refractivity contribution is -0.113. The molecule has 0 N–H and O–H groups in total. The number of rotatable bonds is 4. The number of hydrogen-bond acceptors (Lipinski definition) is 3. The van der Waals surface area contributed by atoms with E-state index in [-0.39, 0.29) is 12.8 Å². The van der Waals surface area contributed by atoms with Crippen molar-refractivity contribution in [3.8, 4) is 0 Å². The highest BCUT2D eigenvalue weighted by atomic mass is 19.2. The fourth-order valence-corrected chi connectivity index (χ4v) is 3.60. The van der Waals surface area contributed by atoms with E-state index in [9.17, 15) is 39.9 Å². The molecule has 36 heavy (non-hydrogen) atoms. The normalized spacial score (nSPS) is 17.8. The predicted molar refractivity (Wildman–Crippen MR) is 110 cm³/mol. The molecule has 0 aliphatic heterocycles. The predicted octanol–water partition coefficient (Wildman–Crippen LogP) is 8.15. The molecule has 2 aromatic rings. The smallest absolute Gasteiger partial charge is 0.185 e. The van der Waals surface area contributed by atoms with Gasteiger partial charge in [-0.3, -0.25) is 4.79 Å². The lowest BCUT2D eigenvalue weighted by Crippen LogP contribution is -2.19. The van der Waals surface area contributed by atoms with Gasteiger partial charge in [-0.25, -0.2) is 35.1 Å². The quantitative estimate of drug-likeness (QED) is 0.101. The molecule has 7 nitrogen and oxygen atoms in total. The van der Waals surface area contributed by atoms with Crippen LogP contribution >= 0.6 is 0 Å². The van der Waals surface area contributed by atoms with Gasteiger partial charge in [0.15, 0.2) is 52.3 Å². The summed E-state index contributed by atoms with van der Waals surface area (Å²) in [5, 5.41) is 5.09. The van der Waals surface area contributed by atoms with Gasteiger partial charge in [-0.15, -0.1) is 0 Å². The standard InChI is InChI=1S/C21H10F8N6O/c1-6-2-7(4-9-11(22)15(26)19(32-34-30)16(27)12(9)23)21(36)8(3-6)5-10-13(24)17(28)20(33-35-31)18(29)14(10)25/h4-6H,2-3H2,1H3/b7-4+,8-5+. The van der Waals surface area contributed by atoms with Gasteiger partial charge < -0.3 is 0 Å². The van der Waals surface area contributed by atoms with Crippen molar-refractivity contribution >= 4 is 29.3 Å². The average molecular weight is 514 g/mol. The van der Waals surface area contributed by atoms with E-state index < -0.39 is 91.9 Å². The number of ketones is 1. The summed E-state index contributed by atoms with van der Waals surface area (Å²) in [6.45, 7) is 1.51. The van der Waals surface area contributed by atoms with E-state index in [1.54, 1.807) is 0 Å². The summed E-state index contributed by atoms with van der Waals surface area (Å²) in [5.41, 5.74) is 9.93. The van der Waals surface area contributed by atoms with Crippen LogP contribution in [-0.4, -0.2) is 5.78 Å². The molecule has 0 heterocycles. The van der Waals surface area contributed by atoms with Gasteiger partial charge in [-0.2, -0.15) is 0 Å². The van der Waals surface area contributed by atoms with Crippen LogP contribution < -0.4 is 0 Å². The average Bonchev–Trinajstić information content (AvgIpc) is 2.84. The Morgan fingerprint density at radius 1 is 0.667 bits per heavy atom. The molecule has 0 amide bonds. The first-order valence-electron chi connectivity index (χ1n) is 9.72. The van der Waals surface area contributed by atoms with Crippen LogP contribution in [0.4, 0.5) is 46.5 Å². The summed E-state index contributed by atoms with van der Waals surface area (Å²) in [7, 11) is 0. The molecular formula is C21H10F8N6O. The van der Waals surface area contributed by atoms with Crippen LogP contribution in [0.15, 0.2) is 21.4 Å². The summed E-state index contributed by atoms with van der Waals surface area (Å²) in [5.74, 6) is -17.6. The number of halogens is 8. The van der Waals surface area contributed by atoms with E-state index >= 15 is 0 Å². The molecule has 1 aliphatic carbocycles. The minimum atomic E-state index is -2.03. The Hall–Kier alpha value is -4.35. The van der Waals surface area contributed by atoms with Crippen LogP contribution in [0, 0.1) is 52.5 Å². The number of Topliss-reactive ketones (excluding diaryl/α,β-unsaturated/α-hetero) is 1. The van der Waals surface area contributed by atoms with Crippen molar-refractivity contribution in [1.82, 2.24) is 0 Å². The largest absolute Gasteiger partial charge is 0.289 e. The third-order valence-electron chi connectivity index (χ3n) is 5.19. The zero-order valence-electron chi connectivity index (χ0n) is 17.8. The molecule has 0 radical (unpaired) electrons. The van der Waals surface area contributed by atoms with Gasteiger partial charge in [0.05, 0.1) is 11.1 Å². The first kappa shape index (κ1) is 26.3. The maximum atomic E-state index is 14.4. The molecule has 1 aliphatic rings. The number of azide groups is 2. The summed E-state index contributed by atoms with van der Waals surface area (Å²) < 4.78 is 114. The number of nitrogens with zero attached hydrogens (tertiary/aromatic N) is 6. The molecule has 15 heteroatoms. The van der Waals surface area contributed by atoms with E-state index in [2.05, 4.69) is 20.1 Å². The Labute approximate surface area is 195 Å². The molecule has 1 fully saturated rings. The molecule has 0 saturated heterocycles. The monoisotopic (exact) mass is 514 g/mol. The topological polar surface area (TPSA) is 115 Å². The SMILES string of the molecule is CC1C/C(=C\c2c(F)c(F)c(N=[N+]=[N-])c(F)c2F)C(=O)/C(=C/c2c(F)c(F)c(N=[N+]=[N-])c(F)c2F)C1. The van der Waals surface area contributed by atoms with Crippen LogP contribution in [0.5, 0.6) is 0 Å². The molecule has 0 unspecified atom stereocenters. The molecule has 186 valence electrons. The first-order valence-corrected chi connectivity index (χ1v) is 9.72. The fraction of sp³-hybridized carbons (Fsp3) is 0.190. The van der Waals surface area contributed by atoms with Crippen molar-refractivity contribution < 1.29 is 39.9 Å². The highest BCUT2D eigenvalue weighted by Gasteiger charge is 2.30. The zero-order chi connectivity index (χ0) is 26.9. The first-order chi connectivity index (χ1) is 16.9. The van der Waals surface area contributed by atoms with Gasteiger partial charge in [0.1, 0.15) is 11.4 Å². The molecule has 0 bridgehead atoms. The van der Waals surface area contributed by atoms with Crippen molar-refractivity contribution in [1.29, 1.82) is 0 Å². The van der Waals surface area contributed by atoms with Gasteiger partial charge in [-0.1, -0.05) is 17.2 Å². The third kappa shape index (κ3) is 4.49. The number of carbonyl (C=O) groups excluding carboxylic acids is 1. The Morgan fingerprint density at radius 3 is 1.25 bits per heavy atom. The molecular weight excluding hydrogens is 504 g/mol. The lowest BCUT2D eigenvalue weighted by Gasteiger charge is -2.23. The van der Waals surface area contributed by atoms with Gasteiger partial charge in [-0.05, 0) is 42.0 Å². The van der Waals surface area contributed by atoms with E-state index in [0.29, 0.717) is 12.2 Å². The summed E-state index contributed by atoms with van der Waals surface area (Å²) in [6.07, 6.45) is 0.558. The van der Waals surface area contributed by atoms with Crippen LogP contribution in [0.2, 0.25) is 0 Å². The van der Waals surface area contributed by atoms with Crippen LogP contribution in [0.1, 0.15) is 30.9 Å². The highest BCUT2D eigenvalue weighted by molar-refractivity contribution is 6.14. The minimum absolute atomic E-state index is 0.195. The van der Waals surface area contributed by atoms with Gasteiger partial charge in [0.2, 0.25) is 0 Å². The van der Waals surface area contributed by atoms with Crippen LogP contribution in [0.3, 0.4) is 0 Å². The molecule has 0 atom stereocenters. The molecule has 3 rings (SSSR count). The summed E-state index contributed by atoms with van der Waals surface area (Å²) in [6, 6.07) is 0. The van der Waals surface area contributed by atoms with Gasteiger partial charge in [0, 0.05) is 21.0 Å². The third-order valence-corrected chi connectivity index (χ3v) is 5.19. The van der Waals surface area contributed by atoms with E-state index in [1.165, 1.54) is 6.92 Å². The van der Waals surface area contributed by atoms with Crippen molar-refractivity contribution in [3.63, 3.8) is 0 Å². The molecule has 0 aromatic heterocycles. The van der Waals surface area contributed by atoms with Crippen LogP contribution in [0.25, 0.3) is 33.0 Å². The van der Waals surface area contributed by atoms with E-state index in [0.717, 1.165) is 0 Å². The Kier molecular flexibility index (Phi) is 7.37.